The molecule has 0 bridgehead atoms. The third-order valence-electron chi connectivity index (χ3n) is 4.37. The summed E-state index contributed by atoms with van der Waals surface area (Å²) in [5.74, 6) is -0.238. The first kappa shape index (κ1) is 17.5. The van der Waals surface area contributed by atoms with E-state index in [0.717, 1.165) is 48.7 Å². The summed E-state index contributed by atoms with van der Waals surface area (Å²) in [4.78, 5) is 31.0. The minimum atomic E-state index is -0.388. The second-order valence-corrected chi connectivity index (χ2v) is 8.23. The Morgan fingerprint density at radius 3 is 2.92 bits per heavy atom. The first-order valence-electron chi connectivity index (χ1n) is 8.58. The molecular weight excluding hydrogens is 342 g/mol. The summed E-state index contributed by atoms with van der Waals surface area (Å²) >= 11 is 2.91. The van der Waals surface area contributed by atoms with Crippen LogP contribution in [0.4, 0.5) is 0 Å². The number of hydrogen-bond donors (Lipinski definition) is 1. The van der Waals surface area contributed by atoms with Crippen LogP contribution in [0.3, 0.4) is 0 Å². The van der Waals surface area contributed by atoms with E-state index in [9.17, 15) is 9.59 Å². The molecule has 3 rings (SSSR count). The van der Waals surface area contributed by atoms with E-state index in [2.05, 4.69) is 6.92 Å². The van der Waals surface area contributed by atoms with Gasteiger partial charge in [-0.2, -0.15) is 0 Å². The number of aryl methyl sites for hydroxylation is 2. The van der Waals surface area contributed by atoms with E-state index in [1.54, 1.807) is 15.9 Å². The molecule has 1 aliphatic rings. The van der Waals surface area contributed by atoms with Crippen molar-refractivity contribution in [1.82, 2.24) is 9.55 Å². The van der Waals surface area contributed by atoms with Crippen molar-refractivity contribution in [3.63, 3.8) is 0 Å². The van der Waals surface area contributed by atoms with Gasteiger partial charge in [0.05, 0.1) is 11.1 Å². The highest BCUT2D eigenvalue weighted by molar-refractivity contribution is 7.99. The molecule has 0 unspecified atom stereocenters. The number of rotatable bonds is 8. The molecule has 130 valence electrons. The fourth-order valence-electron chi connectivity index (χ4n) is 3.20. The SMILES string of the molecule is CCCCCCn1c(SCC(N)=O)nc2sc3c(c2c1=O)CCC3. The second-order valence-electron chi connectivity index (χ2n) is 6.20. The largest absolute Gasteiger partial charge is 0.369 e. The monoisotopic (exact) mass is 365 g/mol. The van der Waals surface area contributed by atoms with Crippen LogP contribution in [0.25, 0.3) is 10.2 Å². The van der Waals surface area contributed by atoms with Crippen LogP contribution >= 0.6 is 23.1 Å². The number of carbonyl (C=O) groups is 1. The quantitative estimate of drug-likeness (QED) is 0.443. The molecule has 0 fully saturated rings. The third-order valence-corrected chi connectivity index (χ3v) is 6.55. The van der Waals surface area contributed by atoms with Crippen LogP contribution in [0.5, 0.6) is 0 Å². The topological polar surface area (TPSA) is 78.0 Å². The standard InChI is InChI=1S/C17H23N3O2S2/c1-2-3-4-5-9-20-16(22)14-11-7-6-8-12(11)24-15(14)19-17(20)23-10-13(18)21/h2-10H2,1H3,(H2,18,21). The molecule has 0 aliphatic heterocycles. The van der Waals surface area contributed by atoms with E-state index in [-0.39, 0.29) is 17.2 Å². The van der Waals surface area contributed by atoms with Crippen molar-refractivity contribution in [2.75, 3.05) is 5.75 Å². The fraction of sp³-hybridized carbons (Fsp3) is 0.588. The summed E-state index contributed by atoms with van der Waals surface area (Å²) in [6.45, 7) is 2.83. The lowest BCUT2D eigenvalue weighted by atomic mass is 10.2. The highest BCUT2D eigenvalue weighted by atomic mass is 32.2. The predicted octanol–water partition coefficient (Wildman–Crippen LogP) is 3.10. The molecule has 0 atom stereocenters. The zero-order valence-electron chi connectivity index (χ0n) is 14.0. The van der Waals surface area contributed by atoms with Gasteiger partial charge in [0.15, 0.2) is 5.16 Å². The molecule has 1 amide bonds. The maximum atomic E-state index is 13.1. The molecule has 24 heavy (non-hydrogen) atoms. The summed E-state index contributed by atoms with van der Waals surface area (Å²) < 4.78 is 1.76. The molecule has 0 aromatic carbocycles. The number of carbonyl (C=O) groups excluding carboxylic acids is 1. The van der Waals surface area contributed by atoms with E-state index in [0.29, 0.717) is 11.7 Å². The Morgan fingerprint density at radius 1 is 1.33 bits per heavy atom. The van der Waals surface area contributed by atoms with Gasteiger partial charge in [0, 0.05) is 11.4 Å². The van der Waals surface area contributed by atoms with Gasteiger partial charge < -0.3 is 5.73 Å². The number of hydrogen-bond acceptors (Lipinski definition) is 5. The van der Waals surface area contributed by atoms with Crippen LogP contribution in [-0.4, -0.2) is 21.2 Å². The number of aromatic nitrogens is 2. The number of unbranched alkanes of at least 4 members (excludes halogenated alkanes) is 3. The van der Waals surface area contributed by atoms with Gasteiger partial charge in [0.25, 0.3) is 5.56 Å². The lowest BCUT2D eigenvalue weighted by molar-refractivity contribution is -0.115. The first-order valence-corrected chi connectivity index (χ1v) is 10.4. The minimum Gasteiger partial charge on any atom is -0.369 e. The Balaban J connectivity index is 1.99. The van der Waals surface area contributed by atoms with Crippen LogP contribution in [0.15, 0.2) is 9.95 Å². The van der Waals surface area contributed by atoms with Crippen LogP contribution in [-0.2, 0) is 24.2 Å². The van der Waals surface area contributed by atoms with E-state index in [4.69, 9.17) is 10.7 Å². The molecule has 0 saturated heterocycles. The summed E-state index contributed by atoms with van der Waals surface area (Å²) in [6, 6.07) is 0. The number of nitrogens with two attached hydrogens (primary N) is 1. The van der Waals surface area contributed by atoms with Gasteiger partial charge in [-0.1, -0.05) is 37.9 Å². The maximum absolute atomic E-state index is 13.1. The molecule has 0 radical (unpaired) electrons. The molecule has 0 spiro atoms. The molecule has 7 heteroatoms. The Kier molecular flexibility index (Phi) is 5.61. The van der Waals surface area contributed by atoms with Crippen LogP contribution in [0.2, 0.25) is 0 Å². The molecule has 1 aliphatic carbocycles. The first-order chi connectivity index (χ1) is 11.6. The summed E-state index contributed by atoms with van der Waals surface area (Å²) in [6.07, 6.45) is 7.55. The van der Waals surface area contributed by atoms with Crippen LogP contribution in [0, 0.1) is 0 Å². The smallest absolute Gasteiger partial charge is 0.263 e. The number of primary amides is 1. The number of thiophene rings is 1. The lowest BCUT2D eigenvalue weighted by Gasteiger charge is -2.11. The summed E-state index contributed by atoms with van der Waals surface area (Å²) in [7, 11) is 0. The zero-order valence-corrected chi connectivity index (χ0v) is 15.6. The minimum absolute atomic E-state index is 0.0582. The van der Waals surface area contributed by atoms with Crippen LogP contribution < -0.4 is 11.3 Å². The highest BCUT2D eigenvalue weighted by Crippen LogP contribution is 2.35. The molecule has 2 aromatic rings. The van der Waals surface area contributed by atoms with E-state index in [1.165, 1.54) is 28.6 Å². The summed E-state index contributed by atoms with van der Waals surface area (Å²) in [5, 5.41) is 1.44. The lowest BCUT2D eigenvalue weighted by Crippen LogP contribution is -2.24. The van der Waals surface area contributed by atoms with Crippen molar-refractivity contribution in [2.45, 2.75) is 63.6 Å². The number of thioether (sulfide) groups is 1. The van der Waals surface area contributed by atoms with Gasteiger partial charge >= 0.3 is 0 Å². The normalized spacial score (nSPS) is 13.5. The maximum Gasteiger partial charge on any atom is 0.263 e. The van der Waals surface area contributed by atoms with Crippen molar-refractivity contribution in [3.8, 4) is 0 Å². The van der Waals surface area contributed by atoms with Crippen molar-refractivity contribution in [3.05, 3.63) is 20.8 Å². The summed E-state index contributed by atoms with van der Waals surface area (Å²) in [5.41, 5.74) is 6.54. The van der Waals surface area contributed by atoms with Crippen molar-refractivity contribution in [1.29, 1.82) is 0 Å². The number of fused-ring (bicyclic) bond motifs is 3. The predicted molar refractivity (Wildman–Crippen MR) is 100.0 cm³/mol. The van der Waals surface area contributed by atoms with Gasteiger partial charge in [-0.25, -0.2) is 4.98 Å². The van der Waals surface area contributed by atoms with E-state index < -0.39 is 0 Å². The second kappa shape index (κ2) is 7.70. The van der Waals surface area contributed by atoms with Crippen molar-refractivity contribution >= 4 is 39.2 Å². The average Bonchev–Trinajstić information content (AvgIpc) is 3.11. The van der Waals surface area contributed by atoms with Gasteiger partial charge in [-0.15, -0.1) is 11.3 Å². The van der Waals surface area contributed by atoms with Crippen LogP contribution in [0.1, 0.15) is 49.5 Å². The fourth-order valence-corrected chi connectivity index (χ4v) is 5.26. The molecule has 5 nitrogen and oxygen atoms in total. The average molecular weight is 366 g/mol. The molecule has 2 N–H and O–H groups in total. The molecule has 2 heterocycles. The highest BCUT2D eigenvalue weighted by Gasteiger charge is 2.23. The van der Waals surface area contributed by atoms with Crippen molar-refractivity contribution in [2.24, 2.45) is 5.73 Å². The number of amides is 1. The molecule has 0 saturated carbocycles. The third kappa shape index (κ3) is 3.52. The Hall–Kier alpha value is -1.34. The Bertz CT molecular complexity index is 810. The number of nitrogens with zero attached hydrogens (tertiary/aromatic N) is 2. The molecular formula is C17H23N3O2S2. The van der Waals surface area contributed by atoms with Gasteiger partial charge in [0.1, 0.15) is 4.83 Å². The molecule has 2 aromatic heterocycles. The van der Waals surface area contributed by atoms with E-state index in [1.807, 2.05) is 0 Å². The Morgan fingerprint density at radius 2 is 2.17 bits per heavy atom. The zero-order chi connectivity index (χ0) is 17.1. The van der Waals surface area contributed by atoms with Gasteiger partial charge in [0.2, 0.25) is 5.91 Å². The van der Waals surface area contributed by atoms with Gasteiger partial charge in [-0.05, 0) is 31.2 Å². The Labute approximate surface area is 149 Å². The van der Waals surface area contributed by atoms with E-state index >= 15 is 0 Å². The van der Waals surface area contributed by atoms with Gasteiger partial charge in [-0.3, -0.25) is 14.2 Å². The van der Waals surface area contributed by atoms with Crippen molar-refractivity contribution < 1.29 is 4.79 Å².